The van der Waals surface area contributed by atoms with Gasteiger partial charge in [0.15, 0.2) is 0 Å². The van der Waals surface area contributed by atoms with E-state index in [2.05, 4.69) is 4.84 Å². The molecule has 0 bridgehead atoms. The lowest BCUT2D eigenvalue weighted by Crippen LogP contribution is -2.17. The van der Waals surface area contributed by atoms with Gasteiger partial charge in [0.2, 0.25) is 0 Å². The van der Waals surface area contributed by atoms with Crippen molar-refractivity contribution in [2.75, 3.05) is 5.48 Å². The van der Waals surface area contributed by atoms with Crippen molar-refractivity contribution < 1.29 is 18.0 Å². The number of nitrogens with one attached hydrogen (secondary N) is 1. The molecule has 0 aliphatic carbocycles. The summed E-state index contributed by atoms with van der Waals surface area (Å²) in [7, 11) is 0. The van der Waals surface area contributed by atoms with Crippen LogP contribution in [0.15, 0.2) is 30.3 Å². The van der Waals surface area contributed by atoms with Crippen LogP contribution >= 0.6 is 0 Å². The summed E-state index contributed by atoms with van der Waals surface area (Å²) in [5.74, 6) is 0. The van der Waals surface area contributed by atoms with Crippen LogP contribution in [0.2, 0.25) is 0 Å². The van der Waals surface area contributed by atoms with Gasteiger partial charge in [0.25, 0.3) is 0 Å². The molecular formula is C7H6F3NO. The number of para-hydroxylation sites is 1. The highest BCUT2D eigenvalue weighted by atomic mass is 19.4. The fourth-order valence-electron chi connectivity index (χ4n) is 0.623. The lowest BCUT2D eigenvalue weighted by Gasteiger charge is -2.08. The van der Waals surface area contributed by atoms with E-state index in [-0.39, 0.29) is 5.69 Å². The first-order chi connectivity index (χ1) is 5.58. The minimum absolute atomic E-state index is 0.259. The Balaban J connectivity index is 2.44. The SMILES string of the molecule is FC(F)(F)ONc1ccccc1. The van der Waals surface area contributed by atoms with Crippen molar-refractivity contribution in [3.05, 3.63) is 30.3 Å². The zero-order valence-electron chi connectivity index (χ0n) is 5.93. The molecule has 0 aliphatic heterocycles. The Morgan fingerprint density at radius 1 is 1.08 bits per heavy atom. The van der Waals surface area contributed by atoms with E-state index in [1.807, 2.05) is 0 Å². The van der Waals surface area contributed by atoms with Crippen molar-refractivity contribution in [1.29, 1.82) is 0 Å². The number of rotatable bonds is 2. The summed E-state index contributed by atoms with van der Waals surface area (Å²) < 4.78 is 34.4. The number of hydrogen-bond donors (Lipinski definition) is 1. The van der Waals surface area contributed by atoms with Crippen molar-refractivity contribution in [1.82, 2.24) is 0 Å². The average Bonchev–Trinajstić information content (AvgIpc) is 2.02. The normalized spacial score (nSPS) is 11.2. The molecule has 12 heavy (non-hydrogen) atoms. The summed E-state index contributed by atoms with van der Waals surface area (Å²) in [5.41, 5.74) is 2.02. The first-order valence-corrected chi connectivity index (χ1v) is 3.14. The van der Waals surface area contributed by atoms with Crippen LogP contribution in [0.25, 0.3) is 0 Å². The van der Waals surface area contributed by atoms with Gasteiger partial charge in [-0.2, -0.15) is 4.84 Å². The third-order valence-corrected chi connectivity index (χ3v) is 1.06. The molecule has 1 aromatic carbocycles. The molecule has 0 spiro atoms. The van der Waals surface area contributed by atoms with Crippen LogP contribution in [0.3, 0.4) is 0 Å². The smallest absolute Gasteiger partial charge is 0.258 e. The number of halogens is 3. The van der Waals surface area contributed by atoms with Crippen molar-refractivity contribution in [3.8, 4) is 0 Å². The lowest BCUT2D eigenvalue weighted by molar-refractivity contribution is -0.311. The van der Waals surface area contributed by atoms with Gasteiger partial charge >= 0.3 is 6.36 Å². The molecule has 0 aromatic heterocycles. The van der Waals surface area contributed by atoms with Crippen LogP contribution in [0, 0.1) is 0 Å². The van der Waals surface area contributed by atoms with Crippen LogP contribution < -0.4 is 5.48 Å². The van der Waals surface area contributed by atoms with Gasteiger partial charge in [0.05, 0.1) is 5.69 Å². The lowest BCUT2D eigenvalue weighted by atomic mass is 10.3. The summed E-state index contributed by atoms with van der Waals surface area (Å²) >= 11 is 0. The maximum atomic E-state index is 11.5. The highest BCUT2D eigenvalue weighted by Crippen LogP contribution is 2.17. The highest BCUT2D eigenvalue weighted by Gasteiger charge is 2.29. The summed E-state index contributed by atoms with van der Waals surface area (Å²) in [4.78, 5) is 3.37. The second-order valence-corrected chi connectivity index (χ2v) is 2.02. The van der Waals surface area contributed by atoms with E-state index < -0.39 is 6.36 Å². The molecule has 1 aromatic rings. The average molecular weight is 177 g/mol. The first-order valence-electron chi connectivity index (χ1n) is 3.14. The Kier molecular flexibility index (Phi) is 2.54. The standard InChI is InChI=1S/C7H6F3NO/c8-7(9,10)12-11-6-4-2-1-3-5-6/h1-5,11H. The Hall–Kier alpha value is -1.23. The van der Waals surface area contributed by atoms with E-state index in [4.69, 9.17) is 0 Å². The van der Waals surface area contributed by atoms with E-state index >= 15 is 0 Å². The number of hydrogen-bond acceptors (Lipinski definition) is 2. The molecule has 0 saturated heterocycles. The largest absolute Gasteiger partial charge is 0.543 e. The predicted octanol–water partition coefficient (Wildman–Crippen LogP) is 2.55. The van der Waals surface area contributed by atoms with E-state index in [0.29, 0.717) is 0 Å². The third-order valence-electron chi connectivity index (χ3n) is 1.06. The Bertz CT molecular complexity index is 234. The third kappa shape index (κ3) is 3.25. The molecule has 0 radical (unpaired) electrons. The molecule has 0 amide bonds. The summed E-state index contributed by atoms with van der Waals surface area (Å²) in [6, 6.07) is 7.82. The van der Waals surface area contributed by atoms with Crippen molar-refractivity contribution in [3.63, 3.8) is 0 Å². The number of benzene rings is 1. The fraction of sp³-hybridized carbons (Fsp3) is 0.143. The quantitative estimate of drug-likeness (QED) is 0.701. The van der Waals surface area contributed by atoms with Crippen molar-refractivity contribution >= 4 is 5.69 Å². The second-order valence-electron chi connectivity index (χ2n) is 2.02. The van der Waals surface area contributed by atoms with E-state index in [1.54, 1.807) is 23.7 Å². The number of anilines is 1. The Labute approximate surface area is 66.9 Å². The van der Waals surface area contributed by atoms with Crippen molar-refractivity contribution in [2.24, 2.45) is 0 Å². The summed E-state index contributed by atoms with van der Waals surface area (Å²) in [5, 5.41) is 0. The van der Waals surface area contributed by atoms with E-state index in [0.717, 1.165) is 0 Å². The van der Waals surface area contributed by atoms with Gasteiger partial charge < -0.3 is 0 Å². The predicted molar refractivity (Wildman–Crippen MR) is 37.2 cm³/mol. The minimum Gasteiger partial charge on any atom is -0.258 e. The first kappa shape index (κ1) is 8.86. The molecule has 0 fully saturated rings. The van der Waals surface area contributed by atoms with Gasteiger partial charge in [-0.1, -0.05) is 18.2 Å². The fourth-order valence-corrected chi connectivity index (χ4v) is 0.623. The van der Waals surface area contributed by atoms with Crippen LogP contribution in [0.1, 0.15) is 0 Å². The number of alkyl halides is 3. The monoisotopic (exact) mass is 177 g/mol. The zero-order valence-corrected chi connectivity index (χ0v) is 5.93. The second kappa shape index (κ2) is 3.44. The molecule has 0 heterocycles. The maximum absolute atomic E-state index is 11.5. The molecule has 1 rings (SSSR count). The topological polar surface area (TPSA) is 21.3 Å². The maximum Gasteiger partial charge on any atom is 0.543 e. The molecule has 0 atom stereocenters. The van der Waals surface area contributed by atoms with Crippen molar-refractivity contribution in [2.45, 2.75) is 6.36 Å². The van der Waals surface area contributed by atoms with Gasteiger partial charge in [-0.05, 0) is 12.1 Å². The summed E-state index contributed by atoms with van der Waals surface area (Å²) in [6.45, 7) is 0. The molecule has 1 N–H and O–H groups in total. The summed E-state index contributed by atoms with van der Waals surface area (Å²) in [6.07, 6.45) is -4.66. The molecule has 66 valence electrons. The highest BCUT2D eigenvalue weighted by molar-refractivity contribution is 5.39. The molecule has 0 unspecified atom stereocenters. The Morgan fingerprint density at radius 2 is 1.67 bits per heavy atom. The molecular weight excluding hydrogens is 171 g/mol. The molecule has 0 saturated carbocycles. The van der Waals surface area contributed by atoms with Gasteiger partial charge in [0.1, 0.15) is 0 Å². The van der Waals surface area contributed by atoms with E-state index in [1.165, 1.54) is 12.1 Å². The Morgan fingerprint density at radius 3 is 2.17 bits per heavy atom. The van der Waals surface area contributed by atoms with Crippen LogP contribution in [0.5, 0.6) is 0 Å². The van der Waals surface area contributed by atoms with Gasteiger partial charge in [0, 0.05) is 0 Å². The minimum atomic E-state index is -4.66. The zero-order chi connectivity index (χ0) is 9.03. The van der Waals surface area contributed by atoms with Gasteiger partial charge in [-0.25, -0.2) is 0 Å². The molecule has 0 aliphatic rings. The van der Waals surface area contributed by atoms with Crippen LogP contribution in [0.4, 0.5) is 18.9 Å². The van der Waals surface area contributed by atoms with E-state index in [9.17, 15) is 13.2 Å². The van der Waals surface area contributed by atoms with Crippen LogP contribution in [-0.2, 0) is 4.84 Å². The molecule has 2 nitrogen and oxygen atoms in total. The van der Waals surface area contributed by atoms with Crippen LogP contribution in [-0.4, -0.2) is 6.36 Å². The van der Waals surface area contributed by atoms with Gasteiger partial charge in [-0.3, -0.25) is 5.48 Å². The van der Waals surface area contributed by atoms with Gasteiger partial charge in [-0.15, -0.1) is 13.2 Å². The molecule has 5 heteroatoms.